The van der Waals surface area contributed by atoms with E-state index < -0.39 is 5.60 Å². The highest BCUT2D eigenvalue weighted by Crippen LogP contribution is 2.19. The third-order valence-electron chi connectivity index (χ3n) is 2.78. The van der Waals surface area contributed by atoms with E-state index >= 15 is 0 Å². The Hall–Kier alpha value is -1.98. The van der Waals surface area contributed by atoms with Crippen LogP contribution in [0.2, 0.25) is 0 Å². The molecular formula is C14H18BN3O2. The highest BCUT2D eigenvalue weighted by atomic mass is 16.6. The van der Waals surface area contributed by atoms with Gasteiger partial charge in [-0.15, -0.1) is 0 Å². The molecule has 6 heteroatoms. The molecule has 2 radical (unpaired) electrons. The van der Waals surface area contributed by atoms with E-state index in [-0.39, 0.29) is 6.09 Å². The average molecular weight is 271 g/mol. The topological polar surface area (TPSA) is 46.8 Å². The van der Waals surface area contributed by atoms with Crippen LogP contribution >= 0.6 is 0 Å². The number of pyridine rings is 1. The molecule has 2 aromatic heterocycles. The second kappa shape index (κ2) is 5.19. The van der Waals surface area contributed by atoms with Crippen molar-refractivity contribution in [2.75, 3.05) is 11.4 Å². The van der Waals surface area contributed by atoms with E-state index in [1.165, 1.54) is 0 Å². The molecular weight excluding hydrogens is 253 g/mol. The molecule has 0 aromatic carbocycles. The van der Waals surface area contributed by atoms with Crippen molar-refractivity contribution in [3.63, 3.8) is 0 Å². The molecule has 0 saturated carbocycles. The molecule has 104 valence electrons. The second-order valence-corrected chi connectivity index (χ2v) is 5.54. The number of nitrogens with zero attached hydrogens (tertiary/aromatic N) is 3. The second-order valence-electron chi connectivity index (χ2n) is 5.54. The Balaban J connectivity index is 2.33. The van der Waals surface area contributed by atoms with Crippen molar-refractivity contribution in [3.8, 4) is 0 Å². The van der Waals surface area contributed by atoms with Gasteiger partial charge in [0.25, 0.3) is 0 Å². The van der Waals surface area contributed by atoms with Crippen molar-refractivity contribution in [2.24, 2.45) is 0 Å². The Bertz CT molecular complexity index is 631. The van der Waals surface area contributed by atoms with E-state index in [9.17, 15) is 4.79 Å². The molecule has 0 aliphatic rings. The van der Waals surface area contributed by atoms with Gasteiger partial charge in [0.2, 0.25) is 0 Å². The lowest BCUT2D eigenvalue weighted by molar-refractivity contribution is 0.0582. The summed E-state index contributed by atoms with van der Waals surface area (Å²) in [5.41, 5.74) is 1.56. The summed E-state index contributed by atoms with van der Waals surface area (Å²) >= 11 is 0. The summed E-state index contributed by atoms with van der Waals surface area (Å²) in [6, 6.07) is 3.64. The van der Waals surface area contributed by atoms with Crippen LogP contribution in [-0.4, -0.2) is 35.7 Å². The molecule has 0 atom stereocenters. The summed E-state index contributed by atoms with van der Waals surface area (Å²) in [5, 5.41) is 4.11. The van der Waals surface area contributed by atoms with E-state index in [2.05, 4.69) is 5.10 Å². The smallest absolute Gasteiger partial charge is 0.414 e. The lowest BCUT2D eigenvalue weighted by Crippen LogP contribution is -2.36. The van der Waals surface area contributed by atoms with E-state index in [0.717, 1.165) is 11.2 Å². The van der Waals surface area contributed by atoms with Gasteiger partial charge < -0.3 is 4.74 Å². The minimum absolute atomic E-state index is 0.373. The number of carbonyl (C=O) groups is 1. The summed E-state index contributed by atoms with van der Waals surface area (Å²) in [6.45, 7) is 7.94. The maximum atomic E-state index is 12.2. The monoisotopic (exact) mass is 271 g/mol. The molecule has 0 aliphatic heterocycles. The number of hydrogen-bond donors (Lipinski definition) is 0. The largest absolute Gasteiger partial charge is 0.443 e. The van der Waals surface area contributed by atoms with Crippen molar-refractivity contribution in [3.05, 3.63) is 24.5 Å². The van der Waals surface area contributed by atoms with Crippen molar-refractivity contribution in [2.45, 2.75) is 33.3 Å². The zero-order chi connectivity index (χ0) is 14.9. The van der Waals surface area contributed by atoms with Crippen LogP contribution in [-0.2, 0) is 4.74 Å². The van der Waals surface area contributed by atoms with Gasteiger partial charge in [-0.2, -0.15) is 5.10 Å². The first kappa shape index (κ1) is 14.4. The standard InChI is InChI=1S/C14H18BN3O2/c1-5-17(13(19)20-14(2,3)4)10-6-7-18-12(8-10)11(15)9-16-18/h6-9H,5H2,1-4H3. The van der Waals surface area contributed by atoms with Crippen LogP contribution in [0.4, 0.5) is 10.5 Å². The molecule has 0 bridgehead atoms. The zero-order valence-electron chi connectivity index (χ0n) is 12.3. The first-order chi connectivity index (χ1) is 9.31. The minimum atomic E-state index is -0.524. The molecule has 1 amide bonds. The molecule has 5 nitrogen and oxygen atoms in total. The Kier molecular flexibility index (Phi) is 3.75. The minimum Gasteiger partial charge on any atom is -0.443 e. The van der Waals surface area contributed by atoms with E-state index in [1.54, 1.807) is 21.8 Å². The summed E-state index contributed by atoms with van der Waals surface area (Å²) in [6.07, 6.45) is 2.99. The Morgan fingerprint density at radius 2 is 2.20 bits per heavy atom. The zero-order valence-corrected chi connectivity index (χ0v) is 12.3. The van der Waals surface area contributed by atoms with Gasteiger partial charge in [0.15, 0.2) is 0 Å². The third kappa shape index (κ3) is 2.95. The SMILES string of the molecule is [B]c1cnn2ccc(N(CC)C(=O)OC(C)(C)C)cc12. The van der Waals surface area contributed by atoms with Gasteiger partial charge in [-0.05, 0) is 39.8 Å². The van der Waals surface area contributed by atoms with Gasteiger partial charge in [-0.1, -0.05) is 5.46 Å². The first-order valence-electron chi connectivity index (χ1n) is 6.55. The van der Waals surface area contributed by atoms with E-state index in [1.807, 2.05) is 39.8 Å². The van der Waals surface area contributed by atoms with Crippen LogP contribution in [0.1, 0.15) is 27.7 Å². The molecule has 0 saturated heterocycles. The van der Waals surface area contributed by atoms with E-state index in [4.69, 9.17) is 12.6 Å². The van der Waals surface area contributed by atoms with Crippen molar-refractivity contribution < 1.29 is 9.53 Å². The third-order valence-corrected chi connectivity index (χ3v) is 2.78. The number of aromatic nitrogens is 2. The summed E-state index contributed by atoms with van der Waals surface area (Å²) in [7, 11) is 5.85. The number of anilines is 1. The predicted octanol–water partition coefficient (Wildman–Crippen LogP) is 1.89. The molecule has 0 fully saturated rings. The average Bonchev–Trinajstić information content (AvgIpc) is 2.70. The molecule has 0 spiro atoms. The molecule has 0 aliphatic carbocycles. The van der Waals surface area contributed by atoms with Gasteiger partial charge in [0, 0.05) is 18.9 Å². The molecule has 2 heterocycles. The highest BCUT2D eigenvalue weighted by molar-refractivity contribution is 6.36. The van der Waals surface area contributed by atoms with Crippen LogP contribution < -0.4 is 10.4 Å². The van der Waals surface area contributed by atoms with Crippen molar-refractivity contribution in [1.82, 2.24) is 9.61 Å². The van der Waals surface area contributed by atoms with Gasteiger partial charge in [0.05, 0.1) is 11.2 Å². The number of ether oxygens (including phenoxy) is 1. The molecule has 2 rings (SSSR count). The van der Waals surface area contributed by atoms with Crippen LogP contribution in [0.3, 0.4) is 0 Å². The normalized spacial score (nSPS) is 11.6. The Morgan fingerprint density at radius 3 is 2.80 bits per heavy atom. The quantitative estimate of drug-likeness (QED) is 0.783. The number of hydrogen-bond acceptors (Lipinski definition) is 3. The van der Waals surface area contributed by atoms with Crippen LogP contribution in [0, 0.1) is 0 Å². The molecule has 0 unspecified atom stereocenters. The van der Waals surface area contributed by atoms with E-state index in [0.29, 0.717) is 12.0 Å². The number of fused-ring (bicyclic) bond motifs is 1. The summed E-state index contributed by atoms with van der Waals surface area (Å²) < 4.78 is 7.07. The van der Waals surface area contributed by atoms with Gasteiger partial charge >= 0.3 is 6.09 Å². The highest BCUT2D eigenvalue weighted by Gasteiger charge is 2.22. The predicted molar refractivity (Wildman–Crippen MR) is 79.8 cm³/mol. The fourth-order valence-corrected chi connectivity index (χ4v) is 1.89. The van der Waals surface area contributed by atoms with Crippen LogP contribution in [0.15, 0.2) is 24.5 Å². The summed E-state index contributed by atoms with van der Waals surface area (Å²) in [4.78, 5) is 13.8. The maximum absolute atomic E-state index is 12.2. The van der Waals surface area contributed by atoms with Gasteiger partial charge in [0.1, 0.15) is 13.4 Å². The maximum Gasteiger partial charge on any atom is 0.414 e. The molecule has 2 aromatic rings. The van der Waals surface area contributed by atoms with Crippen LogP contribution in [0.25, 0.3) is 5.52 Å². The molecule has 0 N–H and O–H groups in total. The van der Waals surface area contributed by atoms with Crippen LogP contribution in [0.5, 0.6) is 0 Å². The summed E-state index contributed by atoms with van der Waals surface area (Å²) in [5.74, 6) is 0. The lowest BCUT2D eigenvalue weighted by Gasteiger charge is -2.26. The van der Waals surface area contributed by atoms with Crippen molar-refractivity contribution in [1.29, 1.82) is 0 Å². The lowest BCUT2D eigenvalue weighted by atomic mass is 9.98. The number of rotatable bonds is 2. The fraction of sp³-hybridized carbons (Fsp3) is 0.429. The van der Waals surface area contributed by atoms with Gasteiger partial charge in [-0.3, -0.25) is 4.90 Å². The number of carbonyl (C=O) groups excluding carboxylic acids is 1. The Labute approximate surface area is 119 Å². The number of amides is 1. The Morgan fingerprint density at radius 1 is 1.50 bits per heavy atom. The van der Waals surface area contributed by atoms with Gasteiger partial charge in [-0.25, -0.2) is 9.31 Å². The van der Waals surface area contributed by atoms with Crippen molar-refractivity contribution >= 4 is 30.6 Å². The fourth-order valence-electron chi connectivity index (χ4n) is 1.89. The molecule has 20 heavy (non-hydrogen) atoms. The first-order valence-corrected chi connectivity index (χ1v) is 6.55.